The van der Waals surface area contributed by atoms with Gasteiger partial charge in [0.15, 0.2) is 0 Å². The lowest BCUT2D eigenvalue weighted by Crippen LogP contribution is -2.44. The first-order valence-electron chi connectivity index (χ1n) is 8.77. The van der Waals surface area contributed by atoms with Crippen molar-refractivity contribution in [3.63, 3.8) is 0 Å². The van der Waals surface area contributed by atoms with Gasteiger partial charge in [0.1, 0.15) is 5.82 Å². The first-order chi connectivity index (χ1) is 12.5. The summed E-state index contributed by atoms with van der Waals surface area (Å²) in [5.41, 5.74) is 1.85. The van der Waals surface area contributed by atoms with E-state index in [0.717, 1.165) is 24.0 Å². The fraction of sp³-hybridized carbons (Fsp3) is 0.350. The molecule has 0 radical (unpaired) electrons. The van der Waals surface area contributed by atoms with Crippen molar-refractivity contribution in [2.75, 3.05) is 18.4 Å². The molecule has 136 valence electrons. The van der Waals surface area contributed by atoms with Gasteiger partial charge < -0.3 is 10.2 Å². The minimum Gasteiger partial charge on any atom is -0.342 e. The number of amides is 2. The fourth-order valence-electron chi connectivity index (χ4n) is 3.14. The zero-order chi connectivity index (χ0) is 18.5. The Labute approximate surface area is 158 Å². The van der Waals surface area contributed by atoms with Crippen molar-refractivity contribution in [1.82, 2.24) is 9.88 Å². The summed E-state index contributed by atoms with van der Waals surface area (Å²) in [4.78, 5) is 31.2. The number of hydrogen-bond donors (Lipinski definition) is 1. The minimum atomic E-state index is -0.209. The lowest BCUT2D eigenvalue weighted by Gasteiger charge is -2.32. The van der Waals surface area contributed by atoms with Crippen LogP contribution in [-0.4, -0.2) is 34.8 Å². The van der Waals surface area contributed by atoms with Gasteiger partial charge in [0.2, 0.25) is 11.8 Å². The number of aromatic nitrogens is 1. The lowest BCUT2D eigenvalue weighted by molar-refractivity contribution is -0.133. The summed E-state index contributed by atoms with van der Waals surface area (Å²) >= 11 is 5.88. The van der Waals surface area contributed by atoms with E-state index >= 15 is 0 Å². The topological polar surface area (TPSA) is 62.3 Å². The molecule has 1 saturated heterocycles. The number of aryl methyl sites for hydroxylation is 1. The summed E-state index contributed by atoms with van der Waals surface area (Å²) in [5.74, 6) is 0.344. The van der Waals surface area contributed by atoms with Crippen molar-refractivity contribution < 1.29 is 9.59 Å². The molecule has 1 unspecified atom stereocenters. The number of nitrogens with one attached hydrogen (secondary N) is 1. The van der Waals surface area contributed by atoms with Gasteiger partial charge in [-0.05, 0) is 49.1 Å². The molecule has 1 N–H and O–H groups in total. The van der Waals surface area contributed by atoms with Gasteiger partial charge in [-0.25, -0.2) is 4.98 Å². The van der Waals surface area contributed by atoms with E-state index in [1.165, 1.54) is 0 Å². The Morgan fingerprint density at radius 1 is 1.27 bits per heavy atom. The average Bonchev–Trinajstić information content (AvgIpc) is 2.65. The molecular weight excluding hydrogens is 350 g/mol. The molecule has 1 aliphatic heterocycles. The summed E-state index contributed by atoms with van der Waals surface area (Å²) < 4.78 is 0. The zero-order valence-electron chi connectivity index (χ0n) is 14.7. The zero-order valence-corrected chi connectivity index (χ0v) is 15.5. The second-order valence-electron chi connectivity index (χ2n) is 6.64. The molecule has 3 rings (SSSR count). The molecule has 1 aliphatic rings. The molecule has 0 spiro atoms. The largest absolute Gasteiger partial charge is 0.342 e. The number of nitrogens with zero attached hydrogens (tertiary/aromatic N) is 2. The Balaban J connectivity index is 1.59. The number of benzene rings is 1. The number of anilines is 1. The number of rotatable bonds is 4. The Kier molecular flexibility index (Phi) is 5.89. The van der Waals surface area contributed by atoms with Gasteiger partial charge in [0.25, 0.3) is 0 Å². The minimum absolute atomic E-state index is 0.0406. The van der Waals surface area contributed by atoms with E-state index in [2.05, 4.69) is 10.3 Å². The second-order valence-corrected chi connectivity index (χ2v) is 7.08. The van der Waals surface area contributed by atoms with Crippen LogP contribution in [0.25, 0.3) is 0 Å². The first kappa shape index (κ1) is 18.4. The number of piperidine rings is 1. The van der Waals surface area contributed by atoms with Crippen LogP contribution >= 0.6 is 11.6 Å². The maximum absolute atomic E-state index is 12.6. The Hall–Kier alpha value is -2.40. The van der Waals surface area contributed by atoms with E-state index in [4.69, 9.17) is 11.6 Å². The monoisotopic (exact) mass is 371 g/mol. The highest BCUT2D eigenvalue weighted by atomic mass is 35.5. The van der Waals surface area contributed by atoms with Crippen LogP contribution in [0.1, 0.15) is 24.0 Å². The molecule has 0 aliphatic carbocycles. The molecule has 2 aromatic rings. The van der Waals surface area contributed by atoms with Crippen LogP contribution in [0, 0.1) is 12.8 Å². The molecule has 1 atom stereocenters. The Morgan fingerprint density at radius 2 is 2.04 bits per heavy atom. The van der Waals surface area contributed by atoms with Crippen LogP contribution in [0.15, 0.2) is 42.6 Å². The lowest BCUT2D eigenvalue weighted by atomic mass is 9.96. The van der Waals surface area contributed by atoms with Crippen molar-refractivity contribution in [2.45, 2.75) is 26.2 Å². The van der Waals surface area contributed by atoms with Crippen molar-refractivity contribution in [2.24, 2.45) is 5.92 Å². The third-order valence-electron chi connectivity index (χ3n) is 4.66. The SMILES string of the molecule is Cc1cccnc1NC(=O)C1CCCN(C(=O)Cc2ccc(Cl)cc2)C1. The molecule has 2 heterocycles. The molecule has 1 aromatic heterocycles. The van der Waals surface area contributed by atoms with Gasteiger partial charge in [-0.2, -0.15) is 0 Å². The normalized spacial score (nSPS) is 17.0. The molecule has 1 fully saturated rings. The maximum Gasteiger partial charge on any atom is 0.230 e. The van der Waals surface area contributed by atoms with Gasteiger partial charge in [0.05, 0.1) is 12.3 Å². The van der Waals surface area contributed by atoms with Crippen LogP contribution in [-0.2, 0) is 16.0 Å². The highest BCUT2D eigenvalue weighted by Gasteiger charge is 2.28. The van der Waals surface area contributed by atoms with Crippen molar-refractivity contribution >= 4 is 29.2 Å². The summed E-state index contributed by atoms with van der Waals surface area (Å²) in [7, 11) is 0. The van der Waals surface area contributed by atoms with Crippen molar-refractivity contribution in [3.05, 3.63) is 58.7 Å². The molecule has 26 heavy (non-hydrogen) atoms. The molecule has 0 bridgehead atoms. The second kappa shape index (κ2) is 8.32. The van der Waals surface area contributed by atoms with Crippen LogP contribution in [0.2, 0.25) is 5.02 Å². The van der Waals surface area contributed by atoms with E-state index in [-0.39, 0.29) is 17.7 Å². The number of carbonyl (C=O) groups excluding carboxylic acids is 2. The van der Waals surface area contributed by atoms with E-state index in [1.807, 2.05) is 31.2 Å². The van der Waals surface area contributed by atoms with Crippen LogP contribution < -0.4 is 5.32 Å². The Bertz CT molecular complexity index is 792. The standard InChI is InChI=1S/C20H22ClN3O2/c1-14-4-2-10-22-19(14)23-20(26)16-5-3-11-24(13-16)18(25)12-15-6-8-17(21)9-7-15/h2,4,6-10,16H,3,5,11-13H2,1H3,(H,22,23,26). The van der Waals surface area contributed by atoms with Crippen LogP contribution in [0.5, 0.6) is 0 Å². The summed E-state index contributed by atoms with van der Waals surface area (Å²) in [5, 5.41) is 3.55. The smallest absolute Gasteiger partial charge is 0.230 e. The molecule has 6 heteroatoms. The summed E-state index contributed by atoms with van der Waals surface area (Å²) in [6.07, 6.45) is 3.59. The number of carbonyl (C=O) groups is 2. The Morgan fingerprint density at radius 3 is 2.77 bits per heavy atom. The number of hydrogen-bond acceptors (Lipinski definition) is 3. The number of pyridine rings is 1. The summed E-state index contributed by atoms with van der Waals surface area (Å²) in [6, 6.07) is 11.0. The first-order valence-corrected chi connectivity index (χ1v) is 9.15. The van der Waals surface area contributed by atoms with Crippen LogP contribution in [0.4, 0.5) is 5.82 Å². The third kappa shape index (κ3) is 4.61. The third-order valence-corrected chi connectivity index (χ3v) is 4.92. The van der Waals surface area contributed by atoms with E-state index in [0.29, 0.717) is 30.4 Å². The van der Waals surface area contributed by atoms with Crippen LogP contribution in [0.3, 0.4) is 0 Å². The van der Waals surface area contributed by atoms with E-state index in [1.54, 1.807) is 23.2 Å². The summed E-state index contributed by atoms with van der Waals surface area (Å²) in [6.45, 7) is 3.05. The maximum atomic E-state index is 12.6. The molecule has 0 saturated carbocycles. The predicted octanol–water partition coefficient (Wildman–Crippen LogP) is 3.46. The van der Waals surface area contributed by atoms with E-state index < -0.39 is 0 Å². The molecule has 1 aromatic carbocycles. The highest BCUT2D eigenvalue weighted by Crippen LogP contribution is 2.20. The predicted molar refractivity (Wildman–Crippen MR) is 102 cm³/mol. The average molecular weight is 372 g/mol. The van der Waals surface area contributed by atoms with Gasteiger partial charge in [-0.1, -0.05) is 29.8 Å². The molecule has 5 nitrogen and oxygen atoms in total. The van der Waals surface area contributed by atoms with Gasteiger partial charge in [-0.3, -0.25) is 9.59 Å². The van der Waals surface area contributed by atoms with Gasteiger partial charge in [-0.15, -0.1) is 0 Å². The van der Waals surface area contributed by atoms with Gasteiger partial charge >= 0.3 is 0 Å². The van der Waals surface area contributed by atoms with Crippen molar-refractivity contribution in [1.29, 1.82) is 0 Å². The van der Waals surface area contributed by atoms with E-state index in [9.17, 15) is 9.59 Å². The highest BCUT2D eigenvalue weighted by molar-refractivity contribution is 6.30. The number of halogens is 1. The van der Waals surface area contributed by atoms with Gasteiger partial charge in [0, 0.05) is 24.3 Å². The quantitative estimate of drug-likeness (QED) is 0.895. The molecular formula is C20H22ClN3O2. The fourth-order valence-corrected chi connectivity index (χ4v) is 3.27. The molecule has 2 amide bonds. The number of likely N-dealkylation sites (tertiary alicyclic amines) is 1. The van der Waals surface area contributed by atoms with Crippen molar-refractivity contribution in [3.8, 4) is 0 Å².